The Kier molecular flexibility index (Phi) is 8.22. The summed E-state index contributed by atoms with van der Waals surface area (Å²) >= 11 is 1.62. The average Bonchev–Trinajstić information content (AvgIpc) is 3.16. The fraction of sp³-hybridized carbons (Fsp3) is 0.417. The first kappa shape index (κ1) is 22.2. The normalized spacial score (nSPS) is 15.3. The number of rotatable bonds is 8. The van der Waals surface area contributed by atoms with Gasteiger partial charge in [0.1, 0.15) is 12.4 Å². The summed E-state index contributed by atoms with van der Waals surface area (Å²) in [6.45, 7) is 9.74. The molecule has 0 aliphatic carbocycles. The van der Waals surface area contributed by atoms with Gasteiger partial charge in [0.15, 0.2) is 0 Å². The van der Waals surface area contributed by atoms with Crippen LogP contribution in [0.2, 0.25) is 0 Å². The van der Waals surface area contributed by atoms with Crippen molar-refractivity contribution in [2.24, 2.45) is 0 Å². The number of aromatic nitrogens is 1. The van der Waals surface area contributed by atoms with Crippen molar-refractivity contribution in [2.75, 3.05) is 19.6 Å². The molecule has 1 amide bonds. The summed E-state index contributed by atoms with van der Waals surface area (Å²) in [5.74, 6) is 0.731. The van der Waals surface area contributed by atoms with Crippen molar-refractivity contribution < 1.29 is 9.53 Å². The summed E-state index contributed by atoms with van der Waals surface area (Å²) in [5.41, 5.74) is 3.22. The van der Waals surface area contributed by atoms with Crippen molar-refractivity contribution in [3.05, 3.63) is 63.6 Å². The van der Waals surface area contributed by atoms with E-state index in [0.717, 1.165) is 54.5 Å². The lowest BCUT2D eigenvalue weighted by Crippen LogP contribution is -2.44. The quantitative estimate of drug-likeness (QED) is 0.496. The van der Waals surface area contributed by atoms with E-state index in [-0.39, 0.29) is 11.9 Å². The monoisotopic (exact) mass is 425 g/mol. The van der Waals surface area contributed by atoms with Crippen LogP contribution in [0.25, 0.3) is 6.08 Å². The Labute approximate surface area is 183 Å². The van der Waals surface area contributed by atoms with E-state index in [1.165, 1.54) is 5.57 Å². The van der Waals surface area contributed by atoms with Crippen LogP contribution in [0.5, 0.6) is 5.75 Å². The number of carbonyl (C=O) groups excluding carboxylic acids is 1. The van der Waals surface area contributed by atoms with Crippen molar-refractivity contribution >= 4 is 23.3 Å². The highest BCUT2D eigenvalue weighted by atomic mass is 32.1. The molecule has 2 heterocycles. The number of likely N-dealkylation sites (tertiary alicyclic amines) is 1. The fourth-order valence-corrected chi connectivity index (χ4v) is 3.93. The Morgan fingerprint density at radius 3 is 2.83 bits per heavy atom. The number of allylic oxidation sites excluding steroid dienone is 1. The van der Waals surface area contributed by atoms with E-state index in [1.807, 2.05) is 42.6 Å². The van der Waals surface area contributed by atoms with E-state index in [2.05, 4.69) is 35.1 Å². The van der Waals surface area contributed by atoms with E-state index in [9.17, 15) is 4.79 Å². The van der Waals surface area contributed by atoms with Crippen LogP contribution in [0.1, 0.15) is 43.0 Å². The highest BCUT2D eigenvalue weighted by Gasteiger charge is 2.19. The minimum absolute atomic E-state index is 0.0398. The third-order valence-corrected chi connectivity index (χ3v) is 5.85. The zero-order valence-corrected chi connectivity index (χ0v) is 18.9. The number of benzene rings is 1. The van der Waals surface area contributed by atoms with Crippen molar-refractivity contribution in [3.63, 3.8) is 0 Å². The van der Waals surface area contributed by atoms with Gasteiger partial charge in [-0.25, -0.2) is 4.98 Å². The number of aryl methyl sites for hydroxylation is 1. The van der Waals surface area contributed by atoms with Gasteiger partial charge >= 0.3 is 0 Å². The second-order valence-corrected chi connectivity index (χ2v) is 8.98. The molecule has 0 radical (unpaired) electrons. The summed E-state index contributed by atoms with van der Waals surface area (Å²) in [7, 11) is 0. The molecule has 1 aromatic heterocycles. The second kappa shape index (κ2) is 11.1. The molecular formula is C24H31N3O2S. The minimum Gasteiger partial charge on any atom is -0.487 e. The molecule has 1 aliphatic heterocycles. The topological polar surface area (TPSA) is 54.5 Å². The van der Waals surface area contributed by atoms with Gasteiger partial charge in [0.25, 0.3) is 0 Å². The molecule has 1 saturated heterocycles. The molecule has 5 nitrogen and oxygen atoms in total. The lowest BCUT2D eigenvalue weighted by molar-refractivity contribution is -0.117. The number of thiazole rings is 1. The molecule has 0 unspecified atom stereocenters. The van der Waals surface area contributed by atoms with Gasteiger partial charge in [0.05, 0.1) is 10.7 Å². The molecule has 1 aromatic carbocycles. The molecule has 0 saturated carbocycles. The number of nitrogens with one attached hydrogen (secondary N) is 1. The number of nitrogens with zero attached hydrogens (tertiary/aromatic N) is 2. The van der Waals surface area contributed by atoms with E-state index in [4.69, 9.17) is 4.74 Å². The molecule has 1 N–H and O–H groups in total. The maximum Gasteiger partial charge on any atom is 0.244 e. The summed E-state index contributed by atoms with van der Waals surface area (Å²) in [5, 5.41) is 6.18. The SMILES string of the molecule is CC(C)=CCN1CCC(NC(=O)/C=C/c2cccc(OCc3csc(C)n3)c2)CC1. The van der Waals surface area contributed by atoms with Crippen molar-refractivity contribution in [2.45, 2.75) is 46.3 Å². The van der Waals surface area contributed by atoms with Gasteiger partial charge in [-0.2, -0.15) is 0 Å². The summed E-state index contributed by atoms with van der Waals surface area (Å²) in [4.78, 5) is 19.2. The van der Waals surface area contributed by atoms with Crippen LogP contribution >= 0.6 is 11.3 Å². The van der Waals surface area contributed by atoms with Crippen molar-refractivity contribution in [1.29, 1.82) is 0 Å². The predicted octanol–water partition coefficient (Wildman–Crippen LogP) is 4.59. The van der Waals surface area contributed by atoms with Gasteiger partial charge in [-0.1, -0.05) is 23.8 Å². The van der Waals surface area contributed by atoms with Gasteiger partial charge in [-0.3, -0.25) is 9.69 Å². The van der Waals surface area contributed by atoms with E-state index >= 15 is 0 Å². The largest absolute Gasteiger partial charge is 0.487 e. The van der Waals surface area contributed by atoms with Crippen LogP contribution in [-0.2, 0) is 11.4 Å². The summed E-state index contributed by atoms with van der Waals surface area (Å²) in [6.07, 6.45) is 7.69. The molecule has 6 heteroatoms. The molecule has 0 bridgehead atoms. The maximum absolute atomic E-state index is 12.3. The predicted molar refractivity (Wildman–Crippen MR) is 124 cm³/mol. The van der Waals surface area contributed by atoms with Crippen LogP contribution in [0.3, 0.4) is 0 Å². The highest BCUT2D eigenvalue weighted by molar-refractivity contribution is 7.09. The molecule has 1 aliphatic rings. The molecular weight excluding hydrogens is 394 g/mol. The fourth-order valence-electron chi connectivity index (χ4n) is 3.33. The standard InChI is InChI=1S/C24H31N3O2S/c1-18(2)9-12-27-13-10-21(11-14-27)26-24(28)8-7-20-5-4-6-23(15-20)29-16-22-17-30-19(3)25-22/h4-9,15,17,21H,10-14,16H2,1-3H3,(H,26,28)/b8-7+. The zero-order chi connectivity index (χ0) is 21.3. The zero-order valence-electron chi connectivity index (χ0n) is 18.1. The Hall–Kier alpha value is -2.44. The van der Waals surface area contributed by atoms with Crippen LogP contribution in [0.15, 0.2) is 47.4 Å². The molecule has 3 rings (SSSR count). The Morgan fingerprint density at radius 1 is 1.33 bits per heavy atom. The molecule has 1 fully saturated rings. The van der Waals surface area contributed by atoms with E-state index in [0.29, 0.717) is 6.61 Å². The van der Waals surface area contributed by atoms with E-state index < -0.39 is 0 Å². The highest BCUT2D eigenvalue weighted by Crippen LogP contribution is 2.17. The Balaban J connectivity index is 1.44. The first-order valence-electron chi connectivity index (χ1n) is 10.5. The Bertz CT molecular complexity index is 891. The van der Waals surface area contributed by atoms with Gasteiger partial charge in [-0.15, -0.1) is 11.3 Å². The first-order chi connectivity index (χ1) is 14.5. The number of ether oxygens (including phenoxy) is 1. The average molecular weight is 426 g/mol. The summed E-state index contributed by atoms with van der Waals surface area (Å²) in [6, 6.07) is 8.00. The maximum atomic E-state index is 12.3. The third kappa shape index (κ3) is 7.43. The van der Waals surface area contributed by atoms with Crippen LogP contribution < -0.4 is 10.1 Å². The van der Waals surface area contributed by atoms with Gasteiger partial charge in [0.2, 0.25) is 5.91 Å². The van der Waals surface area contributed by atoms with Gasteiger partial charge in [0, 0.05) is 37.1 Å². The van der Waals surface area contributed by atoms with Crippen LogP contribution in [0, 0.1) is 6.92 Å². The van der Waals surface area contributed by atoms with Gasteiger partial charge in [-0.05, 0) is 57.4 Å². The number of hydrogen-bond donors (Lipinski definition) is 1. The summed E-state index contributed by atoms with van der Waals surface area (Å²) < 4.78 is 5.82. The molecule has 0 atom stereocenters. The first-order valence-corrected chi connectivity index (χ1v) is 11.3. The van der Waals surface area contributed by atoms with E-state index in [1.54, 1.807) is 17.4 Å². The lowest BCUT2D eigenvalue weighted by Gasteiger charge is -2.31. The smallest absolute Gasteiger partial charge is 0.244 e. The number of hydrogen-bond acceptors (Lipinski definition) is 5. The number of amides is 1. The lowest BCUT2D eigenvalue weighted by atomic mass is 10.0. The van der Waals surface area contributed by atoms with Crippen molar-refractivity contribution in [1.82, 2.24) is 15.2 Å². The van der Waals surface area contributed by atoms with Crippen LogP contribution in [0.4, 0.5) is 0 Å². The Morgan fingerprint density at radius 2 is 2.13 bits per heavy atom. The van der Waals surface area contributed by atoms with Crippen LogP contribution in [-0.4, -0.2) is 41.5 Å². The molecule has 0 spiro atoms. The molecule has 30 heavy (non-hydrogen) atoms. The second-order valence-electron chi connectivity index (χ2n) is 7.92. The van der Waals surface area contributed by atoms with Gasteiger partial charge < -0.3 is 10.1 Å². The third-order valence-electron chi connectivity index (χ3n) is 5.03. The minimum atomic E-state index is -0.0398. The number of piperidine rings is 1. The molecule has 2 aromatic rings. The van der Waals surface area contributed by atoms with Crippen molar-refractivity contribution in [3.8, 4) is 5.75 Å². The number of carbonyl (C=O) groups is 1. The molecule has 160 valence electrons.